The molecule has 0 aliphatic heterocycles. The summed E-state index contributed by atoms with van der Waals surface area (Å²) in [5.74, 6) is 0. The summed E-state index contributed by atoms with van der Waals surface area (Å²) in [5.41, 5.74) is 1.49. The monoisotopic (exact) mass is 332 g/mol. The van der Waals surface area contributed by atoms with Crippen LogP contribution in [0.3, 0.4) is 0 Å². The molecule has 0 atom stereocenters. The minimum Gasteiger partial charge on any atom is -0.168 e. The van der Waals surface area contributed by atoms with Crippen LogP contribution in [0.25, 0.3) is 0 Å². The van der Waals surface area contributed by atoms with Gasteiger partial charge in [0, 0.05) is 0 Å². The molecule has 0 aliphatic carbocycles. The molecule has 0 bridgehead atoms. The van der Waals surface area contributed by atoms with Gasteiger partial charge >= 0.3 is 0 Å². The Morgan fingerprint density at radius 1 is 0.692 bits per heavy atom. The number of rotatable bonds is 4. The van der Waals surface area contributed by atoms with Crippen molar-refractivity contribution in [1.82, 2.24) is 0 Å². The first kappa shape index (κ1) is 15.1. The van der Waals surface area contributed by atoms with Gasteiger partial charge in [-0.2, -0.15) is 11.1 Å². The number of halogens is 5. The first-order valence-electron chi connectivity index (χ1n) is 3.86. The molecule has 80 valence electrons. The standard InChI is InChI=1S/C5H13Cl5Si3/c1-11(6,4-12(2,7)8)5-13(3,9)10/h4-5H2,1-3H3. The minimum atomic E-state index is -2.11. The molecule has 0 amide bonds. The first-order chi connectivity index (χ1) is 5.41. The molecule has 0 fully saturated rings. The Balaban J connectivity index is 4.25. The molecule has 0 saturated carbocycles. The van der Waals surface area contributed by atoms with Crippen molar-refractivity contribution in [2.75, 3.05) is 0 Å². The van der Waals surface area contributed by atoms with E-state index in [2.05, 4.69) is 0 Å². The van der Waals surface area contributed by atoms with Crippen molar-refractivity contribution in [2.24, 2.45) is 0 Å². The van der Waals surface area contributed by atoms with Crippen LogP contribution in [0.4, 0.5) is 0 Å². The van der Waals surface area contributed by atoms with E-state index in [1.54, 1.807) is 0 Å². The summed E-state index contributed by atoms with van der Waals surface area (Å²) < 4.78 is 0. The van der Waals surface area contributed by atoms with Gasteiger partial charge in [-0.25, -0.2) is 0 Å². The summed E-state index contributed by atoms with van der Waals surface area (Å²) in [5, 5.41) is 0. The van der Waals surface area contributed by atoms with E-state index in [9.17, 15) is 0 Å². The smallest absolute Gasteiger partial charge is 0.168 e. The number of hydrogen-bond acceptors (Lipinski definition) is 0. The molecule has 0 aromatic rings. The lowest BCUT2D eigenvalue weighted by Gasteiger charge is -2.26. The zero-order valence-electron chi connectivity index (χ0n) is 7.80. The van der Waals surface area contributed by atoms with Gasteiger partial charge in [-0.05, 0) is 24.4 Å². The Morgan fingerprint density at radius 3 is 1.08 bits per heavy atom. The van der Waals surface area contributed by atoms with Crippen LogP contribution in [0.1, 0.15) is 0 Å². The third-order valence-corrected chi connectivity index (χ3v) is 19.4. The van der Waals surface area contributed by atoms with E-state index in [-0.39, 0.29) is 0 Å². The zero-order chi connectivity index (χ0) is 10.9. The van der Waals surface area contributed by atoms with E-state index >= 15 is 0 Å². The molecule has 0 N–H and O–H groups in total. The summed E-state index contributed by atoms with van der Waals surface area (Å²) in [7, 11) is -1.91. The summed E-state index contributed by atoms with van der Waals surface area (Å²) in [6.07, 6.45) is 0. The molecule has 0 aromatic heterocycles. The van der Waals surface area contributed by atoms with Crippen LogP contribution in [0.2, 0.25) is 31.0 Å². The fourth-order valence-electron chi connectivity index (χ4n) is 1.36. The van der Waals surface area contributed by atoms with Gasteiger partial charge in [0.2, 0.25) is 13.4 Å². The van der Waals surface area contributed by atoms with Crippen molar-refractivity contribution in [2.45, 2.75) is 31.0 Å². The van der Waals surface area contributed by atoms with Crippen LogP contribution < -0.4 is 0 Å². The van der Waals surface area contributed by atoms with Gasteiger partial charge in [-0.1, -0.05) is 6.55 Å². The van der Waals surface area contributed by atoms with E-state index in [0.717, 1.165) is 11.3 Å². The van der Waals surface area contributed by atoms with Gasteiger partial charge < -0.3 is 0 Å². The number of hydrogen-bond donors (Lipinski definition) is 0. The lowest BCUT2D eigenvalue weighted by Crippen LogP contribution is -2.38. The van der Waals surface area contributed by atoms with Gasteiger partial charge in [0.1, 0.15) is 0 Å². The van der Waals surface area contributed by atoms with Crippen LogP contribution in [0.15, 0.2) is 0 Å². The van der Waals surface area contributed by atoms with Gasteiger partial charge in [0.05, 0.1) is 0 Å². The maximum atomic E-state index is 6.38. The first-order valence-corrected chi connectivity index (χ1v) is 17.2. The van der Waals surface area contributed by atoms with Crippen LogP contribution in [0.5, 0.6) is 0 Å². The molecule has 0 spiro atoms. The van der Waals surface area contributed by atoms with Crippen LogP contribution in [0, 0.1) is 0 Å². The average molecular weight is 335 g/mol. The Kier molecular flexibility index (Phi) is 5.76. The molecule has 0 saturated heterocycles. The lowest BCUT2D eigenvalue weighted by atomic mass is 11.8. The second kappa shape index (κ2) is 4.95. The minimum absolute atomic E-state index is 0.743. The van der Waals surface area contributed by atoms with Crippen LogP contribution in [-0.2, 0) is 0 Å². The van der Waals surface area contributed by atoms with Crippen LogP contribution >= 0.6 is 55.4 Å². The third kappa shape index (κ3) is 10.4. The molecule has 0 aliphatic rings. The molecule has 13 heavy (non-hydrogen) atoms. The zero-order valence-corrected chi connectivity index (χ0v) is 14.6. The summed E-state index contributed by atoms with van der Waals surface area (Å²) in [4.78, 5) is 0. The molecular formula is C5H13Cl5Si3. The van der Waals surface area contributed by atoms with Gasteiger partial charge in [-0.15, -0.1) is 44.3 Å². The van der Waals surface area contributed by atoms with Gasteiger partial charge in [0.15, 0.2) is 7.38 Å². The van der Waals surface area contributed by atoms with Crippen molar-refractivity contribution >= 4 is 76.2 Å². The quantitative estimate of drug-likeness (QED) is 0.502. The van der Waals surface area contributed by atoms with E-state index in [4.69, 9.17) is 55.4 Å². The SMILES string of the molecule is C[Si](Cl)(Cl)C[Si](C)(Cl)C[Si](C)(Cl)Cl. The average Bonchev–Trinajstić information content (AvgIpc) is 1.43. The molecule has 0 nitrogen and oxygen atoms in total. The van der Waals surface area contributed by atoms with Crippen molar-refractivity contribution in [1.29, 1.82) is 0 Å². The van der Waals surface area contributed by atoms with Gasteiger partial charge in [0.25, 0.3) is 0 Å². The second-order valence-electron chi connectivity index (χ2n) is 3.91. The van der Waals surface area contributed by atoms with Crippen molar-refractivity contribution < 1.29 is 0 Å². The molecule has 8 heteroatoms. The summed E-state index contributed by atoms with van der Waals surface area (Å²) >= 11 is 30.5. The largest absolute Gasteiger partial charge is 0.247 e. The maximum Gasteiger partial charge on any atom is 0.247 e. The Labute approximate surface area is 106 Å². The lowest BCUT2D eigenvalue weighted by molar-refractivity contribution is 1.64. The highest BCUT2D eigenvalue weighted by molar-refractivity contribution is 7.53. The Bertz CT molecular complexity index is 152. The predicted molar refractivity (Wildman–Crippen MR) is 73.7 cm³/mol. The van der Waals surface area contributed by atoms with Crippen molar-refractivity contribution in [3.05, 3.63) is 0 Å². The molecule has 0 aromatic carbocycles. The summed E-state index contributed by atoms with van der Waals surface area (Å²) in [6, 6.07) is 0. The molecule has 0 unspecified atom stereocenters. The fraction of sp³-hybridized carbons (Fsp3) is 1.00. The van der Waals surface area contributed by atoms with Crippen molar-refractivity contribution in [3.63, 3.8) is 0 Å². The molecule has 0 heterocycles. The topological polar surface area (TPSA) is 0 Å². The maximum absolute atomic E-state index is 6.38. The van der Waals surface area contributed by atoms with E-state index in [0.29, 0.717) is 0 Å². The highest BCUT2D eigenvalue weighted by Gasteiger charge is 2.41. The molecular weight excluding hydrogens is 322 g/mol. The fourth-order valence-corrected chi connectivity index (χ4v) is 31.2. The Morgan fingerprint density at radius 2 is 0.923 bits per heavy atom. The molecule has 0 rings (SSSR count). The second-order valence-corrected chi connectivity index (χ2v) is 27.8. The van der Waals surface area contributed by atoms with E-state index in [1.165, 1.54) is 0 Å². The summed E-state index contributed by atoms with van der Waals surface area (Å²) in [6.45, 7) is 1.56. The predicted octanol–water partition coefficient (Wildman–Crippen LogP) is 4.98. The molecule has 0 radical (unpaired) electrons. The highest BCUT2D eigenvalue weighted by Crippen LogP contribution is 2.36. The third-order valence-electron chi connectivity index (χ3n) is 1.36. The van der Waals surface area contributed by atoms with Gasteiger partial charge in [-0.3, -0.25) is 0 Å². The normalized spacial score (nSPS) is 14.8. The Hall–Kier alpha value is 2.10. The van der Waals surface area contributed by atoms with Crippen LogP contribution in [-0.4, -0.2) is 20.8 Å². The highest BCUT2D eigenvalue weighted by atomic mass is 35.7. The van der Waals surface area contributed by atoms with Crippen molar-refractivity contribution in [3.8, 4) is 0 Å². The van der Waals surface area contributed by atoms with E-state index < -0.39 is 20.8 Å². The van der Waals surface area contributed by atoms with E-state index in [1.807, 2.05) is 19.6 Å².